The summed E-state index contributed by atoms with van der Waals surface area (Å²) in [7, 11) is 0. The molecule has 1 saturated heterocycles. The molecular formula is C11H15N3O. The Morgan fingerprint density at radius 2 is 2.47 bits per heavy atom. The van der Waals surface area contributed by atoms with Crippen LogP contribution in [0, 0.1) is 0 Å². The monoisotopic (exact) mass is 205 g/mol. The van der Waals surface area contributed by atoms with Crippen LogP contribution in [0.3, 0.4) is 0 Å². The molecule has 0 aliphatic carbocycles. The quantitative estimate of drug-likeness (QED) is 0.706. The van der Waals surface area contributed by atoms with Crippen LogP contribution in [0.2, 0.25) is 0 Å². The number of ketones is 1. The van der Waals surface area contributed by atoms with Gasteiger partial charge in [-0.2, -0.15) is 0 Å². The van der Waals surface area contributed by atoms with E-state index in [0.717, 1.165) is 19.4 Å². The van der Waals surface area contributed by atoms with Crippen molar-refractivity contribution in [3.63, 3.8) is 0 Å². The van der Waals surface area contributed by atoms with Crippen LogP contribution in [0.15, 0.2) is 18.5 Å². The molecule has 80 valence electrons. The zero-order valence-corrected chi connectivity index (χ0v) is 8.79. The predicted octanol–water partition coefficient (Wildman–Crippen LogP) is 0.989. The minimum absolute atomic E-state index is 0.0469. The number of hydrogen-bond acceptors (Lipinski definition) is 4. The van der Waals surface area contributed by atoms with E-state index in [9.17, 15) is 4.79 Å². The highest BCUT2D eigenvalue weighted by atomic mass is 16.1. The summed E-state index contributed by atoms with van der Waals surface area (Å²) in [6.07, 6.45) is 5.03. The van der Waals surface area contributed by atoms with E-state index in [1.54, 1.807) is 18.5 Å². The van der Waals surface area contributed by atoms with Crippen molar-refractivity contribution in [1.29, 1.82) is 0 Å². The average Bonchev–Trinajstić information content (AvgIpc) is 2.66. The van der Waals surface area contributed by atoms with E-state index in [2.05, 4.69) is 10.3 Å². The summed E-state index contributed by atoms with van der Waals surface area (Å²) in [5.41, 5.74) is 6.33. The molecule has 0 spiro atoms. The van der Waals surface area contributed by atoms with Gasteiger partial charge in [0.1, 0.15) is 0 Å². The minimum Gasteiger partial charge on any atom is -0.398 e. The Bertz CT molecular complexity index is 383. The smallest absolute Gasteiger partial charge is 0.186 e. The van der Waals surface area contributed by atoms with Crippen LogP contribution in [0.25, 0.3) is 0 Å². The molecule has 4 heteroatoms. The fourth-order valence-electron chi connectivity index (χ4n) is 1.98. The van der Waals surface area contributed by atoms with Crippen LogP contribution in [0.1, 0.15) is 30.1 Å². The van der Waals surface area contributed by atoms with E-state index >= 15 is 0 Å². The number of nitrogens with one attached hydrogen (secondary N) is 1. The largest absolute Gasteiger partial charge is 0.398 e. The Morgan fingerprint density at radius 3 is 3.07 bits per heavy atom. The first-order chi connectivity index (χ1) is 7.13. The maximum absolute atomic E-state index is 12.2. The van der Waals surface area contributed by atoms with Gasteiger partial charge in [0.15, 0.2) is 5.78 Å². The Kier molecular flexibility index (Phi) is 2.44. The lowest BCUT2D eigenvalue weighted by Crippen LogP contribution is -2.44. The molecule has 1 fully saturated rings. The minimum atomic E-state index is -0.461. The molecule has 2 heterocycles. The fourth-order valence-corrected chi connectivity index (χ4v) is 1.98. The van der Waals surface area contributed by atoms with Gasteiger partial charge in [-0.15, -0.1) is 0 Å². The highest BCUT2D eigenvalue weighted by Crippen LogP contribution is 2.25. The van der Waals surface area contributed by atoms with E-state index in [0.29, 0.717) is 11.3 Å². The van der Waals surface area contributed by atoms with E-state index in [1.165, 1.54) is 0 Å². The number of carbonyl (C=O) groups is 1. The van der Waals surface area contributed by atoms with Gasteiger partial charge in [0, 0.05) is 18.1 Å². The van der Waals surface area contributed by atoms with Gasteiger partial charge in [-0.3, -0.25) is 9.78 Å². The molecular weight excluding hydrogens is 190 g/mol. The number of anilines is 1. The number of hydrogen-bond donors (Lipinski definition) is 2. The number of nitrogen functional groups attached to an aromatic ring is 1. The molecule has 15 heavy (non-hydrogen) atoms. The molecule has 0 amide bonds. The summed E-state index contributed by atoms with van der Waals surface area (Å²) in [5, 5.41) is 3.23. The van der Waals surface area contributed by atoms with Crippen molar-refractivity contribution in [3.8, 4) is 0 Å². The van der Waals surface area contributed by atoms with Crippen LogP contribution in [-0.2, 0) is 0 Å². The van der Waals surface area contributed by atoms with Gasteiger partial charge < -0.3 is 11.1 Å². The van der Waals surface area contributed by atoms with Crippen LogP contribution in [0.5, 0.6) is 0 Å². The van der Waals surface area contributed by atoms with Gasteiger partial charge in [0.2, 0.25) is 0 Å². The first-order valence-corrected chi connectivity index (χ1v) is 5.13. The van der Waals surface area contributed by atoms with Crippen LogP contribution in [-0.4, -0.2) is 22.9 Å². The maximum atomic E-state index is 12.2. The molecule has 1 aliphatic rings. The number of aromatic nitrogens is 1. The summed E-state index contributed by atoms with van der Waals surface area (Å²) in [6.45, 7) is 2.82. The Morgan fingerprint density at radius 1 is 1.67 bits per heavy atom. The second-order valence-electron chi connectivity index (χ2n) is 4.15. The van der Waals surface area contributed by atoms with Crippen LogP contribution < -0.4 is 11.1 Å². The van der Waals surface area contributed by atoms with E-state index in [4.69, 9.17) is 5.73 Å². The van der Waals surface area contributed by atoms with Gasteiger partial charge in [-0.25, -0.2) is 0 Å². The maximum Gasteiger partial charge on any atom is 0.186 e. The third-order valence-corrected chi connectivity index (χ3v) is 2.97. The fraction of sp³-hybridized carbons (Fsp3) is 0.455. The van der Waals surface area contributed by atoms with Gasteiger partial charge in [-0.1, -0.05) is 0 Å². The molecule has 4 nitrogen and oxygen atoms in total. The van der Waals surface area contributed by atoms with Gasteiger partial charge >= 0.3 is 0 Å². The summed E-state index contributed by atoms with van der Waals surface area (Å²) in [5.74, 6) is 0.0469. The SMILES string of the molecule is CC1(C(=O)c2cnccc2N)CCCN1. The lowest BCUT2D eigenvalue weighted by molar-refractivity contribution is 0.0885. The van der Waals surface area contributed by atoms with Gasteiger partial charge in [0.25, 0.3) is 0 Å². The first-order valence-electron chi connectivity index (χ1n) is 5.13. The Balaban J connectivity index is 2.32. The van der Waals surface area contributed by atoms with Crippen molar-refractivity contribution in [1.82, 2.24) is 10.3 Å². The standard InChI is InChI=1S/C11H15N3O/c1-11(4-2-5-14-11)10(15)8-7-13-6-3-9(8)12/h3,6-7,14H,2,4-5H2,1H3,(H2,12,13). The topological polar surface area (TPSA) is 68.0 Å². The Labute approximate surface area is 88.9 Å². The summed E-state index contributed by atoms with van der Waals surface area (Å²) in [4.78, 5) is 16.1. The number of nitrogens with two attached hydrogens (primary N) is 1. The zero-order chi connectivity index (χ0) is 10.9. The number of nitrogens with zero attached hydrogens (tertiary/aromatic N) is 1. The number of pyridine rings is 1. The number of rotatable bonds is 2. The summed E-state index contributed by atoms with van der Waals surface area (Å²) >= 11 is 0. The van der Waals surface area contributed by atoms with E-state index in [-0.39, 0.29) is 5.78 Å². The molecule has 1 aliphatic heterocycles. The molecule has 0 saturated carbocycles. The predicted molar refractivity (Wildman–Crippen MR) is 58.6 cm³/mol. The third kappa shape index (κ3) is 1.72. The van der Waals surface area contributed by atoms with Crippen LogP contribution in [0.4, 0.5) is 5.69 Å². The van der Waals surface area contributed by atoms with Gasteiger partial charge in [0.05, 0.1) is 11.1 Å². The average molecular weight is 205 g/mol. The van der Waals surface area contributed by atoms with Crippen molar-refractivity contribution < 1.29 is 4.79 Å². The van der Waals surface area contributed by atoms with Crippen molar-refractivity contribution in [2.45, 2.75) is 25.3 Å². The lowest BCUT2D eigenvalue weighted by atomic mass is 9.90. The van der Waals surface area contributed by atoms with Crippen LogP contribution >= 0.6 is 0 Å². The van der Waals surface area contributed by atoms with Crippen molar-refractivity contribution >= 4 is 11.5 Å². The number of carbonyl (C=O) groups excluding carboxylic acids is 1. The molecule has 2 rings (SSSR count). The highest BCUT2D eigenvalue weighted by Gasteiger charge is 2.37. The first kappa shape index (κ1) is 10.1. The second kappa shape index (κ2) is 3.62. The van der Waals surface area contributed by atoms with Crippen molar-refractivity contribution in [3.05, 3.63) is 24.0 Å². The highest BCUT2D eigenvalue weighted by molar-refractivity contribution is 6.06. The Hall–Kier alpha value is -1.42. The van der Waals surface area contributed by atoms with Crippen molar-refractivity contribution in [2.75, 3.05) is 12.3 Å². The molecule has 1 unspecified atom stereocenters. The normalized spacial score (nSPS) is 25.4. The molecule has 0 radical (unpaired) electrons. The molecule has 1 atom stereocenters. The number of Topliss-reactive ketones (excluding diaryl/α,β-unsaturated/α-hetero) is 1. The molecule has 0 aromatic carbocycles. The molecule has 0 bridgehead atoms. The summed E-state index contributed by atoms with van der Waals surface area (Å²) < 4.78 is 0. The van der Waals surface area contributed by atoms with Gasteiger partial charge in [-0.05, 0) is 32.4 Å². The molecule has 1 aromatic rings. The lowest BCUT2D eigenvalue weighted by Gasteiger charge is -2.22. The molecule has 1 aromatic heterocycles. The van der Waals surface area contributed by atoms with Crippen molar-refractivity contribution in [2.24, 2.45) is 0 Å². The van der Waals surface area contributed by atoms with E-state index in [1.807, 2.05) is 6.92 Å². The third-order valence-electron chi connectivity index (χ3n) is 2.97. The zero-order valence-electron chi connectivity index (χ0n) is 8.79. The molecule has 3 N–H and O–H groups in total. The van der Waals surface area contributed by atoms with E-state index < -0.39 is 5.54 Å². The second-order valence-corrected chi connectivity index (χ2v) is 4.15. The summed E-state index contributed by atoms with van der Waals surface area (Å²) in [6, 6.07) is 1.66.